The average molecular weight is 246 g/mol. The predicted octanol–water partition coefficient (Wildman–Crippen LogP) is 3.15. The molecule has 0 N–H and O–H groups in total. The van der Waals surface area contributed by atoms with Gasteiger partial charge in [0.1, 0.15) is 11.5 Å². The Kier molecular flexibility index (Phi) is 4.54. The molecule has 5 heteroatoms. The van der Waals surface area contributed by atoms with Crippen molar-refractivity contribution >= 4 is 5.78 Å². The van der Waals surface area contributed by atoms with Crippen LogP contribution in [-0.2, 0) is 11.2 Å². The highest BCUT2D eigenvalue weighted by molar-refractivity contribution is 5.80. The largest absolute Gasteiger partial charge is 0.497 e. The molecule has 0 aliphatic carbocycles. The molecule has 0 saturated heterocycles. The number of ketones is 1. The summed E-state index contributed by atoms with van der Waals surface area (Å²) in [6.45, 7) is 0. The molecular formula is C12H13F3O2. The Morgan fingerprint density at radius 3 is 2.65 bits per heavy atom. The number of hydrogen-bond acceptors (Lipinski definition) is 2. The van der Waals surface area contributed by atoms with Gasteiger partial charge in [0.05, 0.1) is 13.5 Å². The zero-order valence-electron chi connectivity index (χ0n) is 9.38. The fourth-order valence-electron chi connectivity index (χ4n) is 1.38. The SMILES string of the molecule is COc1cccc(CC(=O)CCC(F)(F)F)c1. The fraction of sp³-hybridized carbons (Fsp3) is 0.417. The van der Waals surface area contributed by atoms with Crippen LogP contribution in [0.2, 0.25) is 0 Å². The van der Waals surface area contributed by atoms with Crippen LogP contribution in [-0.4, -0.2) is 19.1 Å². The molecule has 0 bridgehead atoms. The highest BCUT2D eigenvalue weighted by Gasteiger charge is 2.27. The van der Waals surface area contributed by atoms with E-state index in [-0.39, 0.29) is 6.42 Å². The van der Waals surface area contributed by atoms with E-state index in [0.29, 0.717) is 11.3 Å². The number of rotatable bonds is 5. The minimum absolute atomic E-state index is 0.00722. The maximum atomic E-state index is 11.9. The zero-order valence-corrected chi connectivity index (χ0v) is 9.38. The molecule has 2 nitrogen and oxygen atoms in total. The molecule has 0 unspecified atom stereocenters. The van der Waals surface area contributed by atoms with Crippen molar-refractivity contribution < 1.29 is 22.7 Å². The number of ether oxygens (including phenoxy) is 1. The summed E-state index contributed by atoms with van der Waals surface area (Å²) in [5.74, 6) is 0.168. The minimum atomic E-state index is -4.27. The van der Waals surface area contributed by atoms with Crippen molar-refractivity contribution in [3.05, 3.63) is 29.8 Å². The van der Waals surface area contributed by atoms with Crippen molar-refractivity contribution in [2.75, 3.05) is 7.11 Å². The van der Waals surface area contributed by atoms with E-state index in [2.05, 4.69) is 0 Å². The number of halogens is 3. The monoisotopic (exact) mass is 246 g/mol. The van der Waals surface area contributed by atoms with Crippen LogP contribution in [0, 0.1) is 0 Å². The van der Waals surface area contributed by atoms with Crippen LogP contribution in [0.25, 0.3) is 0 Å². The molecule has 0 amide bonds. The summed E-state index contributed by atoms with van der Waals surface area (Å²) in [5, 5.41) is 0. The zero-order chi connectivity index (χ0) is 12.9. The number of carbonyl (C=O) groups excluding carboxylic acids is 1. The van der Waals surface area contributed by atoms with Crippen LogP contribution in [0.5, 0.6) is 5.75 Å². The lowest BCUT2D eigenvalue weighted by atomic mass is 10.1. The van der Waals surface area contributed by atoms with E-state index in [1.54, 1.807) is 24.3 Å². The lowest BCUT2D eigenvalue weighted by Gasteiger charge is -2.06. The highest BCUT2D eigenvalue weighted by atomic mass is 19.4. The number of hydrogen-bond donors (Lipinski definition) is 0. The number of carbonyl (C=O) groups is 1. The summed E-state index contributed by atoms with van der Waals surface area (Å²) in [4.78, 5) is 11.3. The summed E-state index contributed by atoms with van der Waals surface area (Å²) >= 11 is 0. The first kappa shape index (κ1) is 13.5. The Labute approximate surface area is 97.4 Å². The van der Waals surface area contributed by atoms with Gasteiger partial charge in [-0.15, -0.1) is 0 Å². The highest BCUT2D eigenvalue weighted by Crippen LogP contribution is 2.22. The smallest absolute Gasteiger partial charge is 0.389 e. The number of alkyl halides is 3. The van der Waals surface area contributed by atoms with Gasteiger partial charge in [0.2, 0.25) is 0 Å². The van der Waals surface area contributed by atoms with Gasteiger partial charge in [-0.05, 0) is 17.7 Å². The summed E-state index contributed by atoms with van der Waals surface area (Å²) < 4.78 is 40.7. The molecule has 0 atom stereocenters. The third-order valence-electron chi connectivity index (χ3n) is 2.22. The van der Waals surface area contributed by atoms with Gasteiger partial charge in [0.15, 0.2) is 0 Å². The predicted molar refractivity (Wildman–Crippen MR) is 57.0 cm³/mol. The first-order chi connectivity index (χ1) is 7.90. The standard InChI is InChI=1S/C12H13F3O2/c1-17-11-4-2-3-9(8-11)7-10(16)5-6-12(13,14)15/h2-4,8H,5-7H2,1H3. The van der Waals surface area contributed by atoms with Crippen LogP contribution in [0.3, 0.4) is 0 Å². The first-order valence-corrected chi connectivity index (χ1v) is 5.12. The Hall–Kier alpha value is -1.52. The van der Waals surface area contributed by atoms with Crippen molar-refractivity contribution in [3.63, 3.8) is 0 Å². The molecule has 0 spiro atoms. The van der Waals surface area contributed by atoms with E-state index in [0.717, 1.165) is 0 Å². The number of benzene rings is 1. The number of methoxy groups -OCH3 is 1. The van der Waals surface area contributed by atoms with Gasteiger partial charge in [0, 0.05) is 12.8 Å². The second kappa shape index (κ2) is 5.70. The third kappa shape index (κ3) is 5.38. The van der Waals surface area contributed by atoms with Crippen molar-refractivity contribution in [1.82, 2.24) is 0 Å². The van der Waals surface area contributed by atoms with Gasteiger partial charge >= 0.3 is 6.18 Å². The maximum Gasteiger partial charge on any atom is 0.389 e. The second-order valence-corrected chi connectivity index (χ2v) is 3.68. The topological polar surface area (TPSA) is 26.3 Å². The van der Waals surface area contributed by atoms with Crippen molar-refractivity contribution in [1.29, 1.82) is 0 Å². The Morgan fingerprint density at radius 1 is 1.35 bits per heavy atom. The Bertz CT molecular complexity index is 386. The molecule has 1 aromatic carbocycles. The van der Waals surface area contributed by atoms with Crippen LogP contribution >= 0.6 is 0 Å². The van der Waals surface area contributed by atoms with Crippen molar-refractivity contribution in [3.8, 4) is 5.75 Å². The molecule has 0 aromatic heterocycles. The lowest BCUT2D eigenvalue weighted by molar-refractivity contribution is -0.143. The molecule has 0 radical (unpaired) electrons. The molecule has 0 fully saturated rings. The molecule has 0 aliphatic heterocycles. The molecule has 0 saturated carbocycles. The van der Waals surface area contributed by atoms with E-state index in [1.807, 2.05) is 0 Å². The molecule has 0 aliphatic rings. The van der Waals surface area contributed by atoms with E-state index in [9.17, 15) is 18.0 Å². The number of Topliss-reactive ketones (excluding diaryl/α,β-unsaturated/α-hetero) is 1. The average Bonchev–Trinajstić information content (AvgIpc) is 2.26. The first-order valence-electron chi connectivity index (χ1n) is 5.12. The molecule has 94 valence electrons. The second-order valence-electron chi connectivity index (χ2n) is 3.68. The van der Waals surface area contributed by atoms with Gasteiger partial charge in [0.25, 0.3) is 0 Å². The summed E-state index contributed by atoms with van der Waals surface area (Å²) in [6, 6.07) is 6.74. The lowest BCUT2D eigenvalue weighted by Crippen LogP contribution is -2.12. The maximum absolute atomic E-state index is 11.9. The van der Waals surface area contributed by atoms with Gasteiger partial charge in [-0.25, -0.2) is 0 Å². The molecular weight excluding hydrogens is 233 g/mol. The quantitative estimate of drug-likeness (QED) is 0.797. The summed E-state index contributed by atoms with van der Waals surface area (Å²) in [5.41, 5.74) is 0.663. The minimum Gasteiger partial charge on any atom is -0.497 e. The van der Waals surface area contributed by atoms with Crippen LogP contribution in [0.4, 0.5) is 13.2 Å². The van der Waals surface area contributed by atoms with Crippen LogP contribution in [0.1, 0.15) is 18.4 Å². The van der Waals surface area contributed by atoms with E-state index in [1.165, 1.54) is 7.11 Å². The van der Waals surface area contributed by atoms with Crippen LogP contribution in [0.15, 0.2) is 24.3 Å². The van der Waals surface area contributed by atoms with Crippen molar-refractivity contribution in [2.45, 2.75) is 25.4 Å². The Morgan fingerprint density at radius 2 is 2.06 bits per heavy atom. The van der Waals surface area contributed by atoms with Crippen molar-refractivity contribution in [2.24, 2.45) is 0 Å². The molecule has 1 rings (SSSR count). The van der Waals surface area contributed by atoms with Gasteiger partial charge < -0.3 is 4.74 Å². The van der Waals surface area contributed by atoms with E-state index >= 15 is 0 Å². The van der Waals surface area contributed by atoms with E-state index in [4.69, 9.17) is 4.74 Å². The molecule has 1 aromatic rings. The van der Waals surface area contributed by atoms with Gasteiger partial charge in [-0.1, -0.05) is 12.1 Å². The normalized spacial score (nSPS) is 11.3. The van der Waals surface area contributed by atoms with Gasteiger partial charge in [-0.3, -0.25) is 4.79 Å². The van der Waals surface area contributed by atoms with Gasteiger partial charge in [-0.2, -0.15) is 13.2 Å². The summed E-state index contributed by atoms with van der Waals surface area (Å²) in [6.07, 6.45) is -5.80. The van der Waals surface area contributed by atoms with E-state index < -0.39 is 24.8 Å². The molecule has 17 heavy (non-hydrogen) atoms. The fourth-order valence-corrected chi connectivity index (χ4v) is 1.38. The summed E-state index contributed by atoms with van der Waals surface area (Å²) in [7, 11) is 1.49. The third-order valence-corrected chi connectivity index (χ3v) is 2.22. The Balaban J connectivity index is 2.50. The molecule has 0 heterocycles. The van der Waals surface area contributed by atoms with Crippen LogP contribution < -0.4 is 4.74 Å².